The quantitative estimate of drug-likeness (QED) is 0.891. The van der Waals surface area contributed by atoms with E-state index in [1.165, 1.54) is 11.1 Å². The van der Waals surface area contributed by atoms with Crippen LogP contribution in [0.3, 0.4) is 0 Å². The summed E-state index contributed by atoms with van der Waals surface area (Å²) < 4.78 is 1.11. The van der Waals surface area contributed by atoms with Crippen molar-refractivity contribution in [3.63, 3.8) is 0 Å². The molecule has 0 saturated heterocycles. The smallest absolute Gasteiger partial charge is 0.306 e. The Morgan fingerprint density at radius 1 is 1.24 bits per heavy atom. The van der Waals surface area contributed by atoms with Gasteiger partial charge in [-0.1, -0.05) is 28.1 Å². The first-order valence-electron chi connectivity index (χ1n) is 7.34. The lowest BCUT2D eigenvalue weighted by atomic mass is 9.97. The molecule has 112 valence electrons. The predicted octanol–water partition coefficient (Wildman–Crippen LogP) is 2.83. The van der Waals surface area contributed by atoms with Gasteiger partial charge in [0.25, 0.3) is 0 Å². The lowest BCUT2D eigenvalue weighted by molar-refractivity contribution is -0.141. The third-order valence-electron chi connectivity index (χ3n) is 4.65. The lowest BCUT2D eigenvalue weighted by Gasteiger charge is -2.31. The molecule has 1 N–H and O–H groups in total. The summed E-state index contributed by atoms with van der Waals surface area (Å²) >= 11 is 3.56. The van der Waals surface area contributed by atoms with E-state index < -0.39 is 5.97 Å². The molecule has 0 aromatic heterocycles. The number of aliphatic carboxylic acids is 1. The highest BCUT2D eigenvalue weighted by molar-refractivity contribution is 9.10. The van der Waals surface area contributed by atoms with E-state index >= 15 is 0 Å². The maximum atomic E-state index is 12.6. The minimum Gasteiger partial charge on any atom is -0.481 e. The van der Waals surface area contributed by atoms with Gasteiger partial charge in [0.1, 0.15) is 0 Å². The minimum atomic E-state index is -0.766. The maximum absolute atomic E-state index is 12.6. The Labute approximate surface area is 132 Å². The largest absolute Gasteiger partial charge is 0.481 e. The Kier molecular flexibility index (Phi) is 4.02. The standard InChI is InChI=1S/C16H18BrNO3/c17-14-3-1-2-12-9-18(7-6-13(12)14)15(19)10-4-5-11(8-10)16(20)21/h1-3,10-11H,4-9H2,(H,20,21)/t10-,11+/m0/s1. The minimum absolute atomic E-state index is 0.111. The highest BCUT2D eigenvalue weighted by Gasteiger charge is 2.36. The summed E-state index contributed by atoms with van der Waals surface area (Å²) in [5.74, 6) is -1.09. The molecular weight excluding hydrogens is 334 g/mol. The summed E-state index contributed by atoms with van der Waals surface area (Å²) in [4.78, 5) is 25.5. The fourth-order valence-electron chi connectivity index (χ4n) is 3.44. The van der Waals surface area contributed by atoms with Crippen LogP contribution < -0.4 is 0 Å². The second kappa shape index (κ2) is 5.79. The van der Waals surface area contributed by atoms with Crippen LogP contribution in [0.2, 0.25) is 0 Å². The van der Waals surface area contributed by atoms with E-state index in [-0.39, 0.29) is 17.7 Å². The van der Waals surface area contributed by atoms with E-state index in [9.17, 15) is 9.59 Å². The van der Waals surface area contributed by atoms with Crippen LogP contribution >= 0.6 is 15.9 Å². The van der Waals surface area contributed by atoms with Crippen LogP contribution in [0.4, 0.5) is 0 Å². The molecule has 2 aliphatic rings. The average molecular weight is 352 g/mol. The molecule has 0 radical (unpaired) electrons. The summed E-state index contributed by atoms with van der Waals surface area (Å²) in [5.41, 5.74) is 2.48. The van der Waals surface area contributed by atoms with Gasteiger partial charge in [0.15, 0.2) is 0 Å². The van der Waals surface area contributed by atoms with Gasteiger partial charge in [0, 0.05) is 23.5 Å². The number of carbonyl (C=O) groups is 2. The van der Waals surface area contributed by atoms with Crippen LogP contribution in [-0.2, 0) is 22.6 Å². The van der Waals surface area contributed by atoms with Gasteiger partial charge >= 0.3 is 5.97 Å². The summed E-state index contributed by atoms with van der Waals surface area (Å²) in [6.07, 6.45) is 2.69. The van der Waals surface area contributed by atoms with Gasteiger partial charge in [-0.25, -0.2) is 0 Å². The van der Waals surface area contributed by atoms with Gasteiger partial charge < -0.3 is 10.0 Å². The van der Waals surface area contributed by atoms with Crippen molar-refractivity contribution in [2.45, 2.75) is 32.2 Å². The summed E-state index contributed by atoms with van der Waals surface area (Å²) in [7, 11) is 0. The zero-order valence-electron chi connectivity index (χ0n) is 11.7. The molecule has 0 bridgehead atoms. The number of carboxylic acids is 1. The number of benzene rings is 1. The van der Waals surface area contributed by atoms with Gasteiger partial charge in [-0.05, 0) is 42.9 Å². The van der Waals surface area contributed by atoms with Gasteiger partial charge in [-0.15, -0.1) is 0 Å². The summed E-state index contributed by atoms with van der Waals surface area (Å²) in [6, 6.07) is 6.09. The Morgan fingerprint density at radius 3 is 2.71 bits per heavy atom. The second-order valence-electron chi connectivity index (χ2n) is 5.93. The van der Waals surface area contributed by atoms with Crippen molar-refractivity contribution < 1.29 is 14.7 Å². The van der Waals surface area contributed by atoms with E-state index in [1.807, 2.05) is 17.0 Å². The molecule has 1 aliphatic carbocycles. The molecule has 1 aromatic carbocycles. The number of amides is 1. The number of halogens is 1. The lowest BCUT2D eigenvalue weighted by Crippen LogP contribution is -2.39. The normalized spacial score (nSPS) is 24.7. The van der Waals surface area contributed by atoms with Crippen LogP contribution in [0.5, 0.6) is 0 Å². The van der Waals surface area contributed by atoms with E-state index in [0.717, 1.165) is 17.4 Å². The van der Waals surface area contributed by atoms with E-state index in [2.05, 4.69) is 22.0 Å². The molecule has 5 heteroatoms. The van der Waals surface area contributed by atoms with Crippen molar-refractivity contribution in [2.24, 2.45) is 11.8 Å². The fraction of sp³-hybridized carbons (Fsp3) is 0.500. The second-order valence-corrected chi connectivity index (χ2v) is 6.79. The molecule has 0 unspecified atom stereocenters. The number of nitrogens with zero attached hydrogens (tertiary/aromatic N) is 1. The van der Waals surface area contributed by atoms with E-state index in [0.29, 0.717) is 25.8 Å². The first-order chi connectivity index (χ1) is 10.1. The van der Waals surface area contributed by atoms with Gasteiger partial charge in [0.05, 0.1) is 5.92 Å². The monoisotopic (exact) mass is 351 g/mol. The van der Waals surface area contributed by atoms with Crippen molar-refractivity contribution in [2.75, 3.05) is 6.54 Å². The van der Waals surface area contributed by atoms with Gasteiger partial charge in [-0.3, -0.25) is 9.59 Å². The molecule has 1 amide bonds. The number of hydrogen-bond donors (Lipinski definition) is 1. The SMILES string of the molecule is O=C(O)[C@@H]1CC[C@H](C(=O)N2CCc3c(Br)cccc3C2)C1. The molecule has 1 saturated carbocycles. The Balaban J connectivity index is 1.69. The Hall–Kier alpha value is -1.36. The third-order valence-corrected chi connectivity index (χ3v) is 5.39. The van der Waals surface area contributed by atoms with Crippen molar-refractivity contribution in [1.29, 1.82) is 0 Å². The predicted molar refractivity (Wildman–Crippen MR) is 81.7 cm³/mol. The first-order valence-corrected chi connectivity index (χ1v) is 8.13. The molecule has 1 heterocycles. The Bertz CT molecular complexity index is 587. The molecule has 1 fully saturated rings. The highest BCUT2D eigenvalue weighted by Crippen LogP contribution is 2.34. The molecule has 2 atom stereocenters. The zero-order chi connectivity index (χ0) is 15.0. The van der Waals surface area contributed by atoms with Crippen molar-refractivity contribution in [3.8, 4) is 0 Å². The van der Waals surface area contributed by atoms with Gasteiger partial charge in [0.2, 0.25) is 5.91 Å². The number of fused-ring (bicyclic) bond motifs is 1. The van der Waals surface area contributed by atoms with Crippen LogP contribution in [0, 0.1) is 11.8 Å². The maximum Gasteiger partial charge on any atom is 0.306 e. The zero-order valence-corrected chi connectivity index (χ0v) is 13.3. The molecule has 0 spiro atoms. The van der Waals surface area contributed by atoms with E-state index in [1.54, 1.807) is 0 Å². The van der Waals surface area contributed by atoms with Crippen LogP contribution in [0.15, 0.2) is 22.7 Å². The van der Waals surface area contributed by atoms with Crippen LogP contribution in [0.25, 0.3) is 0 Å². The molecular formula is C16H18BrNO3. The topological polar surface area (TPSA) is 57.6 Å². The molecule has 1 aliphatic heterocycles. The molecule has 21 heavy (non-hydrogen) atoms. The molecule has 3 rings (SSSR count). The number of carbonyl (C=O) groups excluding carboxylic acids is 1. The number of carboxylic acid groups (broad SMARTS) is 1. The highest BCUT2D eigenvalue weighted by atomic mass is 79.9. The summed E-state index contributed by atoms with van der Waals surface area (Å²) in [6.45, 7) is 1.37. The third kappa shape index (κ3) is 2.84. The average Bonchev–Trinajstić information content (AvgIpc) is 2.96. The number of rotatable bonds is 2. The van der Waals surface area contributed by atoms with E-state index in [4.69, 9.17) is 5.11 Å². The van der Waals surface area contributed by atoms with Gasteiger partial charge in [-0.2, -0.15) is 0 Å². The Morgan fingerprint density at radius 2 is 2.00 bits per heavy atom. The summed E-state index contributed by atoms with van der Waals surface area (Å²) in [5, 5.41) is 9.05. The number of hydrogen-bond acceptors (Lipinski definition) is 2. The van der Waals surface area contributed by atoms with Crippen molar-refractivity contribution in [3.05, 3.63) is 33.8 Å². The van der Waals surface area contributed by atoms with Crippen molar-refractivity contribution >= 4 is 27.8 Å². The molecule has 4 nitrogen and oxygen atoms in total. The van der Waals surface area contributed by atoms with Crippen molar-refractivity contribution in [1.82, 2.24) is 4.90 Å². The molecule has 1 aromatic rings. The fourth-order valence-corrected chi connectivity index (χ4v) is 4.04. The van der Waals surface area contributed by atoms with Crippen LogP contribution in [-0.4, -0.2) is 28.4 Å². The first kappa shape index (κ1) is 14.6. The van der Waals surface area contributed by atoms with Crippen LogP contribution in [0.1, 0.15) is 30.4 Å².